The van der Waals surface area contributed by atoms with Crippen molar-refractivity contribution in [2.24, 2.45) is 23.7 Å². The molecule has 0 radical (unpaired) electrons. The molecule has 1 N–H and O–H groups in total. The Morgan fingerprint density at radius 3 is 2.46 bits per heavy atom. The van der Waals surface area contributed by atoms with Crippen LogP contribution in [-0.4, -0.2) is 12.1 Å². The zero-order valence-corrected chi connectivity index (χ0v) is 8.16. The fraction of sp³-hybridized carbons (Fsp3) is 0.833. The van der Waals surface area contributed by atoms with Gasteiger partial charge in [0.25, 0.3) is 0 Å². The lowest BCUT2D eigenvalue weighted by Crippen LogP contribution is -2.30. The van der Waals surface area contributed by atoms with Gasteiger partial charge in [0.05, 0.1) is 6.04 Å². The van der Waals surface area contributed by atoms with Crippen LogP contribution in [0.1, 0.15) is 26.2 Å². The second kappa shape index (κ2) is 2.51. The Kier molecular flexibility index (Phi) is 1.52. The Morgan fingerprint density at radius 2 is 1.92 bits per heavy atom. The van der Waals surface area contributed by atoms with E-state index in [0.717, 1.165) is 29.7 Å². The minimum atomic E-state index is 0.273. The molecule has 0 saturated heterocycles. The predicted molar refractivity (Wildman–Crippen MR) is 53.0 cm³/mol. The summed E-state index contributed by atoms with van der Waals surface area (Å²) in [7, 11) is 0. The molecular weight excluding hydrogens is 158 g/mol. The second-order valence-corrected chi connectivity index (χ2v) is 5.07. The maximum atomic E-state index is 5.37. The van der Waals surface area contributed by atoms with Gasteiger partial charge in [0, 0.05) is 6.04 Å². The molecule has 1 nitrogen and oxygen atoms in total. The third kappa shape index (κ3) is 0.987. The van der Waals surface area contributed by atoms with Gasteiger partial charge < -0.3 is 5.32 Å². The predicted octanol–water partition coefficient (Wildman–Crippen LogP) is 1.64. The molecule has 5 atom stereocenters. The summed E-state index contributed by atoms with van der Waals surface area (Å²) in [6, 6.07) is 1.06. The van der Waals surface area contributed by atoms with Gasteiger partial charge >= 0.3 is 0 Å². The molecule has 3 fully saturated rings. The fourth-order valence-electron chi connectivity index (χ4n) is 3.88. The highest BCUT2D eigenvalue weighted by Crippen LogP contribution is 2.65. The lowest BCUT2D eigenvalue weighted by atomic mass is 10.0. The molecule has 0 aromatic carbocycles. The first-order chi connectivity index (χ1) is 6.31. The van der Waals surface area contributed by atoms with E-state index < -0.39 is 0 Å². The van der Waals surface area contributed by atoms with E-state index in [0.29, 0.717) is 0 Å². The minimum absolute atomic E-state index is 0.273. The average Bonchev–Trinajstić information content (AvgIpc) is 2.60. The zero-order valence-electron chi connectivity index (χ0n) is 8.16. The summed E-state index contributed by atoms with van der Waals surface area (Å²) >= 11 is 0. The summed E-state index contributed by atoms with van der Waals surface area (Å²) in [5, 5.41) is 3.57. The number of hydrogen-bond acceptors (Lipinski definition) is 1. The van der Waals surface area contributed by atoms with E-state index in [1.165, 1.54) is 19.3 Å². The Labute approximate surface area is 80.3 Å². The van der Waals surface area contributed by atoms with Crippen LogP contribution in [0.5, 0.6) is 0 Å². The van der Waals surface area contributed by atoms with E-state index in [4.69, 9.17) is 6.42 Å². The molecule has 0 amide bonds. The molecule has 3 aliphatic carbocycles. The van der Waals surface area contributed by atoms with Gasteiger partial charge in [-0.1, -0.05) is 5.92 Å². The van der Waals surface area contributed by atoms with Crippen molar-refractivity contribution < 1.29 is 0 Å². The first kappa shape index (κ1) is 7.88. The molecule has 3 rings (SSSR count). The quantitative estimate of drug-likeness (QED) is 0.629. The normalized spacial score (nSPS) is 52.8. The fourth-order valence-corrected chi connectivity index (χ4v) is 3.88. The van der Waals surface area contributed by atoms with E-state index in [2.05, 4.69) is 18.2 Å². The summed E-state index contributed by atoms with van der Waals surface area (Å²) in [6.07, 6.45) is 9.89. The van der Waals surface area contributed by atoms with E-state index in [9.17, 15) is 0 Å². The highest BCUT2D eigenvalue weighted by Gasteiger charge is 2.64. The van der Waals surface area contributed by atoms with Crippen LogP contribution in [-0.2, 0) is 0 Å². The Balaban J connectivity index is 1.64. The first-order valence-electron chi connectivity index (χ1n) is 5.53. The zero-order chi connectivity index (χ0) is 9.00. The Hall–Kier alpha value is -0.480. The van der Waals surface area contributed by atoms with Gasteiger partial charge in [-0.05, 0) is 49.9 Å². The van der Waals surface area contributed by atoms with Crippen LogP contribution in [0.25, 0.3) is 0 Å². The lowest BCUT2D eigenvalue weighted by molar-refractivity contribution is 0.453. The van der Waals surface area contributed by atoms with E-state index in [-0.39, 0.29) is 6.04 Å². The topological polar surface area (TPSA) is 12.0 Å². The third-order valence-electron chi connectivity index (χ3n) is 4.43. The maximum absolute atomic E-state index is 5.37. The molecule has 0 aromatic heterocycles. The molecule has 0 aliphatic heterocycles. The Bertz CT molecular complexity index is 249. The van der Waals surface area contributed by atoms with Crippen molar-refractivity contribution in [3.05, 3.63) is 0 Å². The maximum Gasteiger partial charge on any atom is 0.0660 e. The van der Waals surface area contributed by atoms with Crippen LogP contribution >= 0.6 is 0 Å². The average molecular weight is 175 g/mol. The van der Waals surface area contributed by atoms with Gasteiger partial charge in [0.15, 0.2) is 0 Å². The SMILES string of the molecule is C#CC(C)NC1C2C3CCC(C3)C12. The molecular formula is C12H17N. The van der Waals surface area contributed by atoms with Gasteiger partial charge in [-0.2, -0.15) is 0 Å². The van der Waals surface area contributed by atoms with Crippen molar-refractivity contribution in [2.75, 3.05) is 0 Å². The summed E-state index contributed by atoms with van der Waals surface area (Å²) in [6.45, 7) is 2.09. The minimum Gasteiger partial charge on any atom is -0.301 e. The van der Waals surface area contributed by atoms with Crippen molar-refractivity contribution >= 4 is 0 Å². The molecule has 0 aromatic rings. The monoisotopic (exact) mass is 175 g/mol. The first-order valence-corrected chi connectivity index (χ1v) is 5.53. The van der Waals surface area contributed by atoms with Crippen LogP contribution in [0.15, 0.2) is 0 Å². The smallest absolute Gasteiger partial charge is 0.0660 e. The third-order valence-corrected chi connectivity index (χ3v) is 4.43. The summed E-state index contributed by atoms with van der Waals surface area (Å²) < 4.78 is 0. The molecule has 3 saturated carbocycles. The standard InChI is InChI=1S/C12H17N/c1-3-7(2)13-12-10-8-4-5-9(6-8)11(10)12/h1,7-13H,4-6H2,2H3. The van der Waals surface area contributed by atoms with Gasteiger partial charge in [-0.3, -0.25) is 0 Å². The molecule has 13 heavy (non-hydrogen) atoms. The van der Waals surface area contributed by atoms with Gasteiger partial charge in [-0.15, -0.1) is 6.42 Å². The molecule has 0 heterocycles. The highest BCUT2D eigenvalue weighted by molar-refractivity contribution is 5.18. The molecule has 3 aliphatic rings. The van der Waals surface area contributed by atoms with Crippen LogP contribution in [0.2, 0.25) is 0 Å². The van der Waals surface area contributed by atoms with Crippen LogP contribution in [0.4, 0.5) is 0 Å². The van der Waals surface area contributed by atoms with Crippen molar-refractivity contribution in [3.63, 3.8) is 0 Å². The van der Waals surface area contributed by atoms with Gasteiger partial charge in [-0.25, -0.2) is 0 Å². The van der Waals surface area contributed by atoms with Crippen molar-refractivity contribution in [3.8, 4) is 12.3 Å². The van der Waals surface area contributed by atoms with Crippen LogP contribution in [0, 0.1) is 36.0 Å². The second-order valence-electron chi connectivity index (χ2n) is 5.07. The largest absolute Gasteiger partial charge is 0.301 e. The van der Waals surface area contributed by atoms with Crippen molar-refractivity contribution in [2.45, 2.75) is 38.3 Å². The lowest BCUT2D eigenvalue weighted by Gasteiger charge is -2.12. The number of hydrogen-bond donors (Lipinski definition) is 1. The molecule has 0 spiro atoms. The van der Waals surface area contributed by atoms with E-state index >= 15 is 0 Å². The summed E-state index contributed by atoms with van der Waals surface area (Å²) in [5.74, 6) is 6.89. The van der Waals surface area contributed by atoms with Crippen LogP contribution in [0.3, 0.4) is 0 Å². The summed E-state index contributed by atoms with van der Waals surface area (Å²) in [4.78, 5) is 0. The van der Waals surface area contributed by atoms with Gasteiger partial charge in [0.1, 0.15) is 0 Å². The molecule has 1 heteroatoms. The molecule has 70 valence electrons. The van der Waals surface area contributed by atoms with Crippen LogP contribution < -0.4 is 5.32 Å². The molecule has 2 bridgehead atoms. The number of rotatable bonds is 2. The van der Waals surface area contributed by atoms with E-state index in [1.807, 2.05) is 0 Å². The summed E-state index contributed by atoms with van der Waals surface area (Å²) in [5.41, 5.74) is 0. The van der Waals surface area contributed by atoms with E-state index in [1.54, 1.807) is 0 Å². The van der Waals surface area contributed by atoms with Gasteiger partial charge in [0.2, 0.25) is 0 Å². The molecule has 5 unspecified atom stereocenters. The number of nitrogens with one attached hydrogen (secondary N) is 1. The number of terminal acetylenes is 1. The van der Waals surface area contributed by atoms with Crippen molar-refractivity contribution in [1.82, 2.24) is 5.32 Å². The highest BCUT2D eigenvalue weighted by atomic mass is 15.0. The Morgan fingerprint density at radius 1 is 1.31 bits per heavy atom. The van der Waals surface area contributed by atoms with Crippen molar-refractivity contribution in [1.29, 1.82) is 0 Å². The number of fused-ring (bicyclic) bond motifs is 5.